The van der Waals surface area contributed by atoms with Gasteiger partial charge in [-0.3, -0.25) is 0 Å². The second kappa shape index (κ2) is 8.20. The van der Waals surface area contributed by atoms with Crippen molar-refractivity contribution in [3.05, 3.63) is 108 Å². The predicted octanol–water partition coefficient (Wildman–Crippen LogP) is 7.33. The monoisotopic (exact) mass is 487 g/mol. The average Bonchev–Trinajstić information content (AvgIpc) is 3.63. The standard InChI is InChI=1S/C32H33N5/c1-31(2,3)22-11-13-23(14-12-22)36-19-17-29(33-36)32(4,5)30-18-20-37(34-30)24-15-16-28-26(21-24)25-9-7-8-10-27(25)35(28)6/h7-21H,1-6H3. The molecule has 5 nitrogen and oxygen atoms in total. The molecule has 6 rings (SSSR count). The highest BCUT2D eigenvalue weighted by atomic mass is 15.3. The van der Waals surface area contributed by atoms with Crippen LogP contribution in [-0.4, -0.2) is 24.1 Å². The minimum atomic E-state index is -0.342. The second-order valence-electron chi connectivity index (χ2n) is 11.5. The first-order valence-corrected chi connectivity index (χ1v) is 12.8. The zero-order chi connectivity index (χ0) is 25.9. The second-order valence-corrected chi connectivity index (χ2v) is 11.5. The minimum Gasteiger partial charge on any atom is -0.344 e. The van der Waals surface area contributed by atoms with Gasteiger partial charge in [-0.05, 0) is 73.4 Å². The van der Waals surface area contributed by atoms with Gasteiger partial charge in [0.05, 0.1) is 28.2 Å². The van der Waals surface area contributed by atoms with E-state index in [-0.39, 0.29) is 10.8 Å². The maximum absolute atomic E-state index is 5.00. The van der Waals surface area contributed by atoms with Crippen molar-refractivity contribution < 1.29 is 0 Å². The highest BCUT2D eigenvalue weighted by Gasteiger charge is 2.29. The molecule has 0 aliphatic rings. The molecule has 3 aromatic carbocycles. The summed E-state index contributed by atoms with van der Waals surface area (Å²) < 4.78 is 6.18. The summed E-state index contributed by atoms with van der Waals surface area (Å²) in [6.45, 7) is 11.1. The first kappa shape index (κ1) is 23.3. The number of nitrogens with zero attached hydrogens (tertiary/aromatic N) is 5. The fraction of sp³-hybridized carbons (Fsp3) is 0.250. The lowest BCUT2D eigenvalue weighted by molar-refractivity contribution is 0.576. The maximum atomic E-state index is 5.00. The van der Waals surface area contributed by atoms with Crippen molar-refractivity contribution in [2.24, 2.45) is 7.05 Å². The number of rotatable bonds is 4. The van der Waals surface area contributed by atoms with Crippen LogP contribution in [0.25, 0.3) is 33.2 Å². The average molecular weight is 488 g/mol. The van der Waals surface area contributed by atoms with Crippen LogP contribution in [0.3, 0.4) is 0 Å². The van der Waals surface area contributed by atoms with Crippen molar-refractivity contribution in [2.75, 3.05) is 0 Å². The molecule has 0 fully saturated rings. The molecule has 0 saturated heterocycles. The van der Waals surface area contributed by atoms with Crippen molar-refractivity contribution in [3.8, 4) is 11.4 Å². The summed E-state index contributed by atoms with van der Waals surface area (Å²) in [6.07, 6.45) is 4.08. The van der Waals surface area contributed by atoms with E-state index in [4.69, 9.17) is 10.2 Å². The Bertz CT molecular complexity index is 1740. The predicted molar refractivity (Wildman–Crippen MR) is 152 cm³/mol. The number of benzene rings is 3. The van der Waals surface area contributed by atoms with E-state index in [1.165, 1.54) is 27.4 Å². The van der Waals surface area contributed by atoms with Gasteiger partial charge < -0.3 is 4.57 Å². The maximum Gasteiger partial charge on any atom is 0.0745 e. The van der Waals surface area contributed by atoms with Crippen LogP contribution in [0.5, 0.6) is 0 Å². The molecule has 0 spiro atoms. The lowest BCUT2D eigenvalue weighted by atomic mass is 9.86. The molecule has 0 saturated carbocycles. The van der Waals surface area contributed by atoms with Gasteiger partial charge in [0.15, 0.2) is 0 Å². The van der Waals surface area contributed by atoms with Gasteiger partial charge in [-0.25, -0.2) is 9.36 Å². The Labute approximate surface area is 218 Å². The Morgan fingerprint density at radius 2 is 1.16 bits per heavy atom. The molecule has 0 unspecified atom stereocenters. The number of fused-ring (bicyclic) bond motifs is 3. The molecule has 3 aromatic heterocycles. The molecule has 0 aliphatic heterocycles. The van der Waals surface area contributed by atoms with E-state index in [0.717, 1.165) is 22.8 Å². The molecule has 0 radical (unpaired) electrons. The van der Waals surface area contributed by atoms with Gasteiger partial charge in [0.2, 0.25) is 0 Å². The third-order valence-corrected chi connectivity index (χ3v) is 7.62. The van der Waals surface area contributed by atoms with E-state index in [2.05, 4.69) is 125 Å². The lowest BCUT2D eigenvalue weighted by Gasteiger charge is -2.20. The van der Waals surface area contributed by atoms with Crippen LogP contribution >= 0.6 is 0 Å². The zero-order valence-electron chi connectivity index (χ0n) is 22.4. The van der Waals surface area contributed by atoms with Gasteiger partial charge in [-0.15, -0.1) is 0 Å². The molecule has 186 valence electrons. The molecule has 0 aliphatic carbocycles. The van der Waals surface area contributed by atoms with E-state index in [0.29, 0.717) is 0 Å². The van der Waals surface area contributed by atoms with Gasteiger partial charge in [0.1, 0.15) is 0 Å². The van der Waals surface area contributed by atoms with Crippen LogP contribution in [0.15, 0.2) is 91.3 Å². The van der Waals surface area contributed by atoms with Crippen molar-refractivity contribution in [1.82, 2.24) is 24.1 Å². The van der Waals surface area contributed by atoms with Crippen molar-refractivity contribution in [2.45, 2.75) is 45.4 Å². The molecular formula is C32H33N5. The molecule has 0 amide bonds. The molecule has 5 heteroatoms. The lowest BCUT2D eigenvalue weighted by Crippen LogP contribution is -2.21. The van der Waals surface area contributed by atoms with E-state index in [9.17, 15) is 0 Å². The summed E-state index contributed by atoms with van der Waals surface area (Å²) in [5, 5.41) is 12.4. The highest BCUT2D eigenvalue weighted by molar-refractivity contribution is 6.08. The van der Waals surface area contributed by atoms with Crippen molar-refractivity contribution in [3.63, 3.8) is 0 Å². The molecular weight excluding hydrogens is 454 g/mol. The Balaban J connectivity index is 1.31. The molecule has 0 N–H and O–H groups in total. The van der Waals surface area contributed by atoms with Crippen LogP contribution in [0, 0.1) is 0 Å². The van der Waals surface area contributed by atoms with E-state index < -0.39 is 0 Å². The first-order valence-electron chi connectivity index (χ1n) is 12.8. The zero-order valence-corrected chi connectivity index (χ0v) is 22.4. The Kier molecular flexibility index (Phi) is 5.16. The summed E-state index contributed by atoms with van der Waals surface area (Å²) in [5.41, 5.74) is 7.65. The largest absolute Gasteiger partial charge is 0.344 e. The third kappa shape index (κ3) is 3.86. The number of hydrogen-bond donors (Lipinski definition) is 0. The number of aryl methyl sites for hydroxylation is 1. The smallest absolute Gasteiger partial charge is 0.0745 e. The molecule has 37 heavy (non-hydrogen) atoms. The summed E-state index contributed by atoms with van der Waals surface area (Å²) in [6, 6.07) is 28.0. The van der Waals surface area contributed by atoms with Gasteiger partial charge in [0.25, 0.3) is 0 Å². The molecule has 0 atom stereocenters. The fourth-order valence-corrected chi connectivity index (χ4v) is 5.15. The van der Waals surface area contributed by atoms with E-state index >= 15 is 0 Å². The Hall–Kier alpha value is -4.12. The molecule has 6 aromatic rings. The quantitative estimate of drug-likeness (QED) is 0.261. The number of para-hydroxylation sites is 1. The summed E-state index contributed by atoms with van der Waals surface area (Å²) >= 11 is 0. The summed E-state index contributed by atoms with van der Waals surface area (Å²) in [5.74, 6) is 0. The topological polar surface area (TPSA) is 40.6 Å². The number of aromatic nitrogens is 5. The number of hydrogen-bond acceptors (Lipinski definition) is 2. The third-order valence-electron chi connectivity index (χ3n) is 7.62. The van der Waals surface area contributed by atoms with Crippen LogP contribution < -0.4 is 0 Å². The highest BCUT2D eigenvalue weighted by Crippen LogP contribution is 2.32. The van der Waals surface area contributed by atoms with Crippen LogP contribution in [-0.2, 0) is 17.9 Å². The Morgan fingerprint density at radius 1 is 0.595 bits per heavy atom. The Morgan fingerprint density at radius 3 is 1.81 bits per heavy atom. The van der Waals surface area contributed by atoms with Gasteiger partial charge in [-0.1, -0.05) is 51.1 Å². The van der Waals surface area contributed by atoms with Crippen LogP contribution in [0.1, 0.15) is 51.6 Å². The fourth-order valence-electron chi connectivity index (χ4n) is 5.15. The van der Waals surface area contributed by atoms with Crippen LogP contribution in [0.2, 0.25) is 0 Å². The molecule has 3 heterocycles. The van der Waals surface area contributed by atoms with Crippen molar-refractivity contribution in [1.29, 1.82) is 0 Å². The van der Waals surface area contributed by atoms with Crippen LogP contribution in [0.4, 0.5) is 0 Å². The summed E-state index contributed by atoms with van der Waals surface area (Å²) in [4.78, 5) is 0. The molecule has 0 bridgehead atoms. The van der Waals surface area contributed by atoms with E-state index in [1.54, 1.807) is 0 Å². The van der Waals surface area contributed by atoms with Gasteiger partial charge in [-0.2, -0.15) is 10.2 Å². The van der Waals surface area contributed by atoms with E-state index in [1.807, 2.05) is 21.8 Å². The summed E-state index contributed by atoms with van der Waals surface area (Å²) in [7, 11) is 2.12. The SMILES string of the molecule is Cn1c2ccccc2c2cc(-n3ccc(C(C)(C)c4ccn(-c5ccc(C(C)(C)C)cc5)n4)n3)ccc21. The minimum absolute atomic E-state index is 0.132. The van der Waals surface area contributed by atoms with Gasteiger partial charge in [0, 0.05) is 41.2 Å². The van der Waals surface area contributed by atoms with Gasteiger partial charge >= 0.3 is 0 Å². The normalized spacial score (nSPS) is 12.6. The first-order chi connectivity index (χ1) is 17.6. The van der Waals surface area contributed by atoms with Crippen molar-refractivity contribution >= 4 is 21.8 Å².